The van der Waals surface area contributed by atoms with E-state index in [0.29, 0.717) is 0 Å². The molecule has 0 aliphatic carbocycles. The Morgan fingerprint density at radius 3 is 2.33 bits per heavy atom. The first-order valence-electron chi connectivity index (χ1n) is 4.72. The van der Waals surface area contributed by atoms with E-state index in [1.165, 1.54) is 0 Å². The molecule has 0 radical (unpaired) electrons. The molecule has 0 spiro atoms. The van der Waals surface area contributed by atoms with E-state index in [4.69, 9.17) is 23.2 Å². The summed E-state index contributed by atoms with van der Waals surface area (Å²) in [4.78, 5) is 0. The Kier molecular flexibility index (Phi) is 5.10. The van der Waals surface area contributed by atoms with E-state index in [-0.39, 0.29) is 16.5 Å². The molecule has 2 atom stereocenters. The normalized spacial score (nSPS) is 15.3. The molecule has 2 N–H and O–H groups in total. The summed E-state index contributed by atoms with van der Waals surface area (Å²) in [6.07, 6.45) is -7.42. The molecule has 8 heteroatoms. The molecule has 1 aromatic rings. The summed E-state index contributed by atoms with van der Waals surface area (Å²) in [5, 5.41) is 18.5. The zero-order valence-corrected chi connectivity index (χ0v) is 10.3. The average Bonchev–Trinajstić information content (AvgIpc) is 2.28. The number of benzene rings is 1. The molecule has 0 fully saturated rings. The topological polar surface area (TPSA) is 49.7 Å². The van der Waals surface area contributed by atoms with Crippen molar-refractivity contribution in [2.45, 2.75) is 18.6 Å². The third kappa shape index (κ3) is 4.20. The Labute approximate surface area is 111 Å². The van der Waals surface area contributed by atoms with Gasteiger partial charge in [-0.25, -0.2) is 0 Å². The van der Waals surface area contributed by atoms with Gasteiger partial charge in [-0.3, -0.25) is 0 Å². The molecule has 0 aliphatic heterocycles. The molecule has 0 heterocycles. The predicted octanol–water partition coefficient (Wildman–Crippen LogP) is 2.87. The largest absolute Gasteiger partial charge is 0.573 e. The van der Waals surface area contributed by atoms with Crippen LogP contribution in [-0.2, 0) is 0 Å². The fourth-order valence-corrected chi connectivity index (χ4v) is 1.61. The summed E-state index contributed by atoms with van der Waals surface area (Å²) in [5.41, 5.74) is 0.141. The van der Waals surface area contributed by atoms with E-state index in [9.17, 15) is 23.4 Å². The average molecular weight is 305 g/mol. The first-order chi connectivity index (χ1) is 8.24. The molecule has 18 heavy (non-hydrogen) atoms. The lowest BCUT2D eigenvalue weighted by Gasteiger charge is -2.17. The Morgan fingerprint density at radius 1 is 1.28 bits per heavy atom. The highest BCUT2D eigenvalue weighted by Crippen LogP contribution is 2.32. The summed E-state index contributed by atoms with van der Waals surface area (Å²) < 4.78 is 39.6. The third-order valence-corrected chi connectivity index (χ3v) is 2.66. The van der Waals surface area contributed by atoms with Crippen LogP contribution in [0.25, 0.3) is 0 Å². The lowest BCUT2D eigenvalue weighted by atomic mass is 10.1. The van der Waals surface area contributed by atoms with Crippen LogP contribution >= 0.6 is 23.2 Å². The number of aliphatic hydroxyl groups is 2. The van der Waals surface area contributed by atoms with Crippen molar-refractivity contribution in [1.82, 2.24) is 0 Å². The molecule has 3 nitrogen and oxygen atoms in total. The molecular weight excluding hydrogens is 296 g/mol. The predicted molar refractivity (Wildman–Crippen MR) is 59.8 cm³/mol. The smallest absolute Gasteiger partial charge is 0.404 e. The van der Waals surface area contributed by atoms with Crippen LogP contribution in [-0.4, -0.2) is 28.6 Å². The van der Waals surface area contributed by atoms with Gasteiger partial charge in [0.05, 0.1) is 17.0 Å². The van der Waals surface area contributed by atoms with Gasteiger partial charge in [-0.05, 0) is 17.7 Å². The van der Waals surface area contributed by atoms with Gasteiger partial charge in [0.15, 0.2) is 0 Å². The Hall–Kier alpha value is -0.690. The van der Waals surface area contributed by atoms with E-state index in [1.54, 1.807) is 0 Å². The van der Waals surface area contributed by atoms with Crippen molar-refractivity contribution in [2.75, 3.05) is 5.88 Å². The second-order valence-corrected chi connectivity index (χ2v) is 4.12. The molecule has 2 unspecified atom stereocenters. The number of ether oxygens (including phenoxy) is 1. The Balaban J connectivity index is 2.92. The number of hydrogen-bond acceptors (Lipinski definition) is 3. The fourth-order valence-electron chi connectivity index (χ4n) is 1.22. The standard InChI is InChI=1S/C10H9Cl2F3O3/c11-4-7(16)9(17)5-1-2-8(6(12)3-5)18-10(13,14)15/h1-3,7,9,16-17H,4H2. The second-order valence-electron chi connectivity index (χ2n) is 3.40. The van der Waals surface area contributed by atoms with Crippen LogP contribution in [0.4, 0.5) is 13.2 Å². The summed E-state index contributed by atoms with van der Waals surface area (Å²) in [6.45, 7) is 0. The van der Waals surface area contributed by atoms with Gasteiger partial charge < -0.3 is 14.9 Å². The van der Waals surface area contributed by atoms with Crippen molar-refractivity contribution in [1.29, 1.82) is 0 Å². The number of hydrogen-bond donors (Lipinski definition) is 2. The minimum absolute atomic E-state index is 0.141. The highest BCUT2D eigenvalue weighted by atomic mass is 35.5. The van der Waals surface area contributed by atoms with Gasteiger partial charge in [-0.2, -0.15) is 0 Å². The van der Waals surface area contributed by atoms with Crippen molar-refractivity contribution in [3.63, 3.8) is 0 Å². The molecule has 0 aromatic heterocycles. The minimum Gasteiger partial charge on any atom is -0.404 e. The Morgan fingerprint density at radius 2 is 1.89 bits per heavy atom. The lowest BCUT2D eigenvalue weighted by molar-refractivity contribution is -0.274. The van der Waals surface area contributed by atoms with E-state index in [2.05, 4.69) is 4.74 Å². The summed E-state index contributed by atoms with van der Waals surface area (Å²) in [5.74, 6) is -0.806. The van der Waals surface area contributed by atoms with Gasteiger partial charge in [0.2, 0.25) is 0 Å². The molecule has 0 aliphatic rings. The molecule has 0 saturated heterocycles. The van der Waals surface area contributed by atoms with Crippen LogP contribution in [0, 0.1) is 0 Å². The third-order valence-electron chi connectivity index (χ3n) is 2.05. The first-order valence-corrected chi connectivity index (χ1v) is 5.63. The minimum atomic E-state index is -4.85. The fraction of sp³-hybridized carbons (Fsp3) is 0.400. The summed E-state index contributed by atoms with van der Waals surface area (Å²) in [7, 11) is 0. The number of alkyl halides is 4. The number of aliphatic hydroxyl groups excluding tert-OH is 2. The van der Waals surface area contributed by atoms with Gasteiger partial charge >= 0.3 is 6.36 Å². The quantitative estimate of drug-likeness (QED) is 0.841. The maximum absolute atomic E-state index is 12.0. The van der Waals surface area contributed by atoms with E-state index < -0.39 is 24.3 Å². The summed E-state index contributed by atoms with van der Waals surface area (Å²) in [6, 6.07) is 3.19. The lowest BCUT2D eigenvalue weighted by Crippen LogP contribution is -2.20. The van der Waals surface area contributed by atoms with Crippen molar-refractivity contribution in [2.24, 2.45) is 0 Å². The maximum Gasteiger partial charge on any atom is 0.573 e. The van der Waals surface area contributed by atoms with Gasteiger partial charge in [-0.1, -0.05) is 17.7 Å². The number of rotatable bonds is 4. The van der Waals surface area contributed by atoms with Crippen molar-refractivity contribution in [3.8, 4) is 5.75 Å². The summed E-state index contributed by atoms with van der Waals surface area (Å²) >= 11 is 10.9. The monoisotopic (exact) mass is 304 g/mol. The zero-order chi connectivity index (χ0) is 13.9. The van der Waals surface area contributed by atoms with Gasteiger partial charge in [0.1, 0.15) is 11.9 Å². The van der Waals surface area contributed by atoms with Crippen LogP contribution in [0.1, 0.15) is 11.7 Å². The van der Waals surface area contributed by atoms with E-state index >= 15 is 0 Å². The molecule has 0 saturated carbocycles. The highest BCUT2D eigenvalue weighted by molar-refractivity contribution is 6.32. The molecule has 102 valence electrons. The highest BCUT2D eigenvalue weighted by Gasteiger charge is 2.32. The SMILES string of the molecule is OC(CCl)C(O)c1ccc(OC(F)(F)F)c(Cl)c1. The maximum atomic E-state index is 12.0. The van der Waals surface area contributed by atoms with Crippen LogP contribution in [0.3, 0.4) is 0 Å². The Bertz CT molecular complexity index is 412. The van der Waals surface area contributed by atoms with Crippen LogP contribution < -0.4 is 4.74 Å². The molecule has 0 amide bonds. The van der Waals surface area contributed by atoms with E-state index in [1.807, 2.05) is 0 Å². The zero-order valence-electron chi connectivity index (χ0n) is 8.79. The molecule has 1 rings (SSSR count). The van der Waals surface area contributed by atoms with Crippen molar-refractivity contribution in [3.05, 3.63) is 28.8 Å². The van der Waals surface area contributed by atoms with Crippen LogP contribution in [0.2, 0.25) is 5.02 Å². The van der Waals surface area contributed by atoms with Crippen LogP contribution in [0.15, 0.2) is 18.2 Å². The first kappa shape index (κ1) is 15.4. The van der Waals surface area contributed by atoms with Gasteiger partial charge in [0.25, 0.3) is 0 Å². The van der Waals surface area contributed by atoms with Gasteiger partial charge in [-0.15, -0.1) is 24.8 Å². The van der Waals surface area contributed by atoms with Crippen molar-refractivity contribution < 1.29 is 28.1 Å². The molecular formula is C10H9Cl2F3O3. The second kappa shape index (κ2) is 5.97. The van der Waals surface area contributed by atoms with Crippen LogP contribution in [0.5, 0.6) is 5.75 Å². The molecule has 0 bridgehead atoms. The number of halogens is 5. The van der Waals surface area contributed by atoms with E-state index in [0.717, 1.165) is 18.2 Å². The molecule has 1 aromatic carbocycles. The van der Waals surface area contributed by atoms with Gasteiger partial charge in [0, 0.05) is 0 Å². The van der Waals surface area contributed by atoms with Crippen molar-refractivity contribution >= 4 is 23.2 Å².